The molecule has 1 radical (unpaired) electrons. The molecule has 0 saturated heterocycles. The highest BCUT2D eigenvalue weighted by Gasteiger charge is 2.07. The smallest absolute Gasteiger partial charge is 0.312 e. The molecule has 0 fully saturated rings. The van der Waals surface area contributed by atoms with E-state index < -0.39 is 6.29 Å². The quantitative estimate of drug-likeness (QED) is 0.454. The number of rotatable bonds is 6. The van der Waals surface area contributed by atoms with Crippen LogP contribution < -0.4 is 0 Å². The maximum absolute atomic E-state index is 10.9. The van der Waals surface area contributed by atoms with Gasteiger partial charge in [0.1, 0.15) is 0 Å². The third-order valence-corrected chi connectivity index (χ3v) is 1.28. The summed E-state index contributed by atoms with van der Waals surface area (Å²) in [5.74, 6) is -0.294. The number of carbonyl (C=O) groups excluding carboxylic acids is 1. The second kappa shape index (κ2) is 7.10. The molecular formula is C9H17O3. The molecule has 3 heteroatoms. The number of ether oxygens (including phenoxy) is 2. The summed E-state index contributed by atoms with van der Waals surface area (Å²) in [6.07, 6.45) is 2.82. The Bertz CT molecular complexity index is 123. The molecule has 0 saturated carbocycles. The van der Waals surface area contributed by atoms with Gasteiger partial charge < -0.3 is 9.47 Å². The van der Waals surface area contributed by atoms with Gasteiger partial charge in [-0.05, 0) is 20.3 Å². The van der Waals surface area contributed by atoms with Gasteiger partial charge in [-0.15, -0.1) is 0 Å². The van der Waals surface area contributed by atoms with Crippen molar-refractivity contribution in [3.8, 4) is 0 Å². The molecule has 1 atom stereocenters. The van der Waals surface area contributed by atoms with Gasteiger partial charge in [0.25, 0.3) is 0 Å². The Kier molecular flexibility index (Phi) is 6.76. The predicted molar refractivity (Wildman–Crippen MR) is 46.4 cm³/mol. The van der Waals surface area contributed by atoms with Gasteiger partial charge in [0, 0.05) is 6.61 Å². The van der Waals surface area contributed by atoms with Crippen LogP contribution in [-0.4, -0.2) is 18.9 Å². The molecule has 0 aliphatic rings. The minimum absolute atomic E-state index is 0.294. The second-order valence-corrected chi connectivity index (χ2v) is 2.45. The fourth-order valence-electron chi connectivity index (χ4n) is 0.743. The van der Waals surface area contributed by atoms with Gasteiger partial charge in [0.2, 0.25) is 0 Å². The predicted octanol–water partition coefficient (Wildman–Crippen LogP) is 1.92. The summed E-state index contributed by atoms with van der Waals surface area (Å²) in [6.45, 7) is 6.14. The van der Waals surface area contributed by atoms with Crippen molar-refractivity contribution in [3.05, 3.63) is 6.42 Å². The first-order valence-corrected chi connectivity index (χ1v) is 4.36. The van der Waals surface area contributed by atoms with Crippen molar-refractivity contribution in [3.63, 3.8) is 0 Å². The number of hydrogen-bond donors (Lipinski definition) is 0. The molecule has 0 spiro atoms. The SMILES string of the molecule is CCC[CH]C(=O)OC(C)OCC. The molecule has 0 aromatic rings. The number of unbranched alkanes of at least 4 members (excludes halogenated alkanes) is 1. The van der Waals surface area contributed by atoms with Gasteiger partial charge in [-0.3, -0.25) is 4.79 Å². The summed E-state index contributed by atoms with van der Waals surface area (Å²) >= 11 is 0. The third kappa shape index (κ3) is 6.16. The fraction of sp³-hybridized carbons (Fsp3) is 0.778. The zero-order valence-corrected chi connectivity index (χ0v) is 8.00. The lowest BCUT2D eigenvalue weighted by atomic mass is 10.2. The molecule has 12 heavy (non-hydrogen) atoms. The van der Waals surface area contributed by atoms with E-state index in [4.69, 9.17) is 9.47 Å². The van der Waals surface area contributed by atoms with E-state index in [1.54, 1.807) is 6.92 Å². The molecule has 0 rings (SSSR count). The van der Waals surface area contributed by atoms with Crippen molar-refractivity contribution in [1.29, 1.82) is 0 Å². The van der Waals surface area contributed by atoms with Crippen molar-refractivity contribution in [1.82, 2.24) is 0 Å². The topological polar surface area (TPSA) is 35.5 Å². The number of carbonyl (C=O) groups is 1. The average Bonchev–Trinajstić information content (AvgIpc) is 2.01. The van der Waals surface area contributed by atoms with E-state index in [1.165, 1.54) is 6.42 Å². The summed E-state index contributed by atoms with van der Waals surface area (Å²) in [6, 6.07) is 0. The Balaban J connectivity index is 3.40. The van der Waals surface area contributed by atoms with Crippen LogP contribution in [-0.2, 0) is 14.3 Å². The van der Waals surface area contributed by atoms with Gasteiger partial charge >= 0.3 is 5.97 Å². The average molecular weight is 173 g/mol. The minimum Gasteiger partial charge on any atom is -0.436 e. The molecule has 0 bridgehead atoms. The summed E-state index contributed by atoms with van der Waals surface area (Å²) in [7, 11) is 0. The van der Waals surface area contributed by atoms with E-state index in [0.717, 1.165) is 12.8 Å². The monoisotopic (exact) mass is 173 g/mol. The zero-order valence-electron chi connectivity index (χ0n) is 8.00. The minimum atomic E-state index is -0.435. The summed E-state index contributed by atoms with van der Waals surface area (Å²) in [4.78, 5) is 10.9. The highest BCUT2D eigenvalue weighted by atomic mass is 16.7. The summed E-state index contributed by atoms with van der Waals surface area (Å²) in [5.41, 5.74) is 0. The van der Waals surface area contributed by atoms with Gasteiger partial charge in [0.05, 0.1) is 6.42 Å². The van der Waals surface area contributed by atoms with E-state index in [1.807, 2.05) is 13.8 Å². The van der Waals surface area contributed by atoms with Gasteiger partial charge in [-0.25, -0.2) is 0 Å². The Morgan fingerprint density at radius 3 is 2.67 bits per heavy atom. The molecule has 0 aromatic heterocycles. The first-order valence-electron chi connectivity index (χ1n) is 4.36. The molecule has 0 heterocycles. The van der Waals surface area contributed by atoms with Crippen molar-refractivity contribution < 1.29 is 14.3 Å². The highest BCUT2D eigenvalue weighted by molar-refractivity contribution is 5.78. The molecule has 0 N–H and O–H groups in total. The van der Waals surface area contributed by atoms with E-state index in [9.17, 15) is 4.79 Å². The van der Waals surface area contributed by atoms with Crippen LogP contribution in [0, 0.1) is 6.42 Å². The lowest BCUT2D eigenvalue weighted by molar-refractivity contribution is -0.169. The molecule has 0 amide bonds. The Morgan fingerprint density at radius 1 is 1.50 bits per heavy atom. The molecule has 0 aliphatic carbocycles. The molecule has 1 unspecified atom stereocenters. The van der Waals surface area contributed by atoms with E-state index in [2.05, 4.69) is 0 Å². The van der Waals surface area contributed by atoms with Crippen molar-refractivity contribution in [2.75, 3.05) is 6.61 Å². The fourth-order valence-corrected chi connectivity index (χ4v) is 0.743. The van der Waals surface area contributed by atoms with E-state index in [0.29, 0.717) is 6.61 Å². The Morgan fingerprint density at radius 2 is 2.17 bits per heavy atom. The van der Waals surface area contributed by atoms with Gasteiger partial charge in [-0.2, -0.15) is 0 Å². The molecule has 0 aliphatic heterocycles. The lowest BCUT2D eigenvalue weighted by Gasteiger charge is -2.11. The van der Waals surface area contributed by atoms with Crippen molar-refractivity contribution in [2.45, 2.75) is 39.9 Å². The second-order valence-electron chi connectivity index (χ2n) is 2.45. The van der Waals surface area contributed by atoms with Crippen LogP contribution in [0.15, 0.2) is 0 Å². The van der Waals surface area contributed by atoms with Crippen LogP contribution in [0.5, 0.6) is 0 Å². The number of esters is 1. The maximum atomic E-state index is 10.9. The van der Waals surface area contributed by atoms with Crippen LogP contribution >= 0.6 is 0 Å². The van der Waals surface area contributed by atoms with Crippen molar-refractivity contribution in [2.24, 2.45) is 0 Å². The largest absolute Gasteiger partial charge is 0.436 e. The lowest BCUT2D eigenvalue weighted by Crippen LogP contribution is -2.18. The standard InChI is InChI=1S/C9H17O3/c1-4-6-7-9(10)12-8(3)11-5-2/h7-8H,4-6H2,1-3H3. The summed E-state index contributed by atoms with van der Waals surface area (Å²) in [5, 5.41) is 0. The first-order chi connectivity index (χ1) is 5.70. The zero-order chi connectivity index (χ0) is 9.40. The molecule has 3 nitrogen and oxygen atoms in total. The molecule has 71 valence electrons. The van der Waals surface area contributed by atoms with E-state index >= 15 is 0 Å². The van der Waals surface area contributed by atoms with Crippen LogP contribution in [0.4, 0.5) is 0 Å². The number of hydrogen-bond acceptors (Lipinski definition) is 3. The normalized spacial score (nSPS) is 12.6. The van der Waals surface area contributed by atoms with Gasteiger partial charge in [-0.1, -0.05) is 13.3 Å². The van der Waals surface area contributed by atoms with Crippen LogP contribution in [0.25, 0.3) is 0 Å². The highest BCUT2D eigenvalue weighted by Crippen LogP contribution is 1.99. The first kappa shape index (κ1) is 11.4. The van der Waals surface area contributed by atoms with Crippen LogP contribution in [0.2, 0.25) is 0 Å². The Hall–Kier alpha value is -0.570. The third-order valence-electron chi connectivity index (χ3n) is 1.28. The van der Waals surface area contributed by atoms with Gasteiger partial charge in [0.15, 0.2) is 6.29 Å². The molecular weight excluding hydrogens is 156 g/mol. The molecule has 0 aromatic carbocycles. The maximum Gasteiger partial charge on any atom is 0.312 e. The van der Waals surface area contributed by atoms with Crippen LogP contribution in [0.3, 0.4) is 0 Å². The Labute approximate surface area is 74.0 Å². The van der Waals surface area contributed by atoms with E-state index in [-0.39, 0.29) is 5.97 Å². The van der Waals surface area contributed by atoms with Crippen LogP contribution in [0.1, 0.15) is 33.6 Å². The van der Waals surface area contributed by atoms with Crippen molar-refractivity contribution >= 4 is 5.97 Å². The summed E-state index contributed by atoms with van der Waals surface area (Å²) < 4.78 is 9.91.